The minimum absolute atomic E-state index is 0.460. The van der Waals surface area contributed by atoms with Crippen molar-refractivity contribution in [3.8, 4) is 6.07 Å². The minimum atomic E-state index is 0.460. The van der Waals surface area contributed by atoms with Crippen molar-refractivity contribution < 1.29 is 0 Å². The third-order valence-electron chi connectivity index (χ3n) is 2.97. The molecule has 92 valence electrons. The first-order valence-electron chi connectivity index (χ1n) is 5.96. The fraction of sp³-hybridized carbons (Fsp3) is 0.286. The Morgan fingerprint density at radius 3 is 2.56 bits per heavy atom. The number of aryl methyl sites for hydroxylation is 2. The third-order valence-corrected chi connectivity index (χ3v) is 2.97. The Morgan fingerprint density at radius 1 is 1.33 bits per heavy atom. The molecule has 2 rings (SSSR count). The van der Waals surface area contributed by atoms with Gasteiger partial charge in [0.25, 0.3) is 0 Å². The van der Waals surface area contributed by atoms with Crippen LogP contribution in [-0.2, 0) is 13.0 Å². The number of nitrogen functional groups attached to an aromatic ring is 1. The number of hydrogen-bond donors (Lipinski definition) is 1. The number of nitrogens with two attached hydrogens (primary N) is 1. The van der Waals surface area contributed by atoms with Crippen LogP contribution in [0.15, 0.2) is 24.3 Å². The molecule has 4 heteroatoms. The standard InChI is InChI=1S/C14H16N4/c1-3-18-14(16)12(9-15)13(17-18)8-11-6-4-10(2)5-7-11/h4-7H,3,8,16H2,1-2H3. The molecule has 0 aliphatic carbocycles. The zero-order valence-corrected chi connectivity index (χ0v) is 10.6. The molecule has 0 spiro atoms. The second-order valence-corrected chi connectivity index (χ2v) is 4.30. The van der Waals surface area contributed by atoms with E-state index in [0.29, 0.717) is 24.3 Å². The van der Waals surface area contributed by atoms with E-state index in [1.165, 1.54) is 5.56 Å². The number of benzene rings is 1. The Kier molecular flexibility index (Phi) is 3.33. The van der Waals surface area contributed by atoms with Crippen molar-refractivity contribution in [2.75, 3.05) is 5.73 Å². The summed E-state index contributed by atoms with van der Waals surface area (Å²) in [5.41, 5.74) is 9.49. The molecular weight excluding hydrogens is 224 g/mol. The van der Waals surface area contributed by atoms with Crippen molar-refractivity contribution in [1.29, 1.82) is 5.26 Å². The largest absolute Gasteiger partial charge is 0.383 e. The van der Waals surface area contributed by atoms with Crippen molar-refractivity contribution in [3.63, 3.8) is 0 Å². The molecule has 0 amide bonds. The lowest BCUT2D eigenvalue weighted by atomic mass is 10.1. The van der Waals surface area contributed by atoms with Crippen molar-refractivity contribution in [1.82, 2.24) is 9.78 Å². The summed E-state index contributed by atoms with van der Waals surface area (Å²) in [6.45, 7) is 4.68. The van der Waals surface area contributed by atoms with Crippen LogP contribution in [0.2, 0.25) is 0 Å². The van der Waals surface area contributed by atoms with Gasteiger partial charge in [0.2, 0.25) is 0 Å². The summed E-state index contributed by atoms with van der Waals surface area (Å²) in [6.07, 6.45) is 0.639. The maximum absolute atomic E-state index is 9.15. The van der Waals surface area contributed by atoms with Crippen molar-refractivity contribution in [2.24, 2.45) is 0 Å². The highest BCUT2D eigenvalue weighted by atomic mass is 15.3. The van der Waals surface area contributed by atoms with E-state index in [1.54, 1.807) is 4.68 Å². The molecule has 1 heterocycles. The number of rotatable bonds is 3. The lowest BCUT2D eigenvalue weighted by Gasteiger charge is -1.99. The van der Waals surface area contributed by atoms with Gasteiger partial charge < -0.3 is 5.73 Å². The van der Waals surface area contributed by atoms with Crippen LogP contribution >= 0.6 is 0 Å². The van der Waals surface area contributed by atoms with Crippen LogP contribution in [0.4, 0.5) is 5.82 Å². The van der Waals surface area contributed by atoms with E-state index in [1.807, 2.05) is 13.8 Å². The van der Waals surface area contributed by atoms with E-state index in [0.717, 1.165) is 11.3 Å². The van der Waals surface area contributed by atoms with Crippen LogP contribution in [0.3, 0.4) is 0 Å². The number of nitriles is 1. The first-order chi connectivity index (χ1) is 8.65. The zero-order chi connectivity index (χ0) is 13.1. The first-order valence-corrected chi connectivity index (χ1v) is 5.96. The highest BCUT2D eigenvalue weighted by Gasteiger charge is 2.14. The molecule has 1 aromatic carbocycles. The number of nitrogens with zero attached hydrogens (tertiary/aromatic N) is 3. The SMILES string of the molecule is CCn1nc(Cc2ccc(C)cc2)c(C#N)c1N. The quantitative estimate of drug-likeness (QED) is 0.894. The fourth-order valence-corrected chi connectivity index (χ4v) is 1.91. The smallest absolute Gasteiger partial charge is 0.140 e. The molecule has 0 aliphatic rings. The predicted molar refractivity (Wildman–Crippen MR) is 71.0 cm³/mol. The van der Waals surface area contributed by atoms with E-state index in [4.69, 9.17) is 11.0 Å². The molecule has 0 aliphatic heterocycles. The van der Waals surface area contributed by atoms with Gasteiger partial charge >= 0.3 is 0 Å². The Morgan fingerprint density at radius 2 is 2.00 bits per heavy atom. The summed E-state index contributed by atoms with van der Waals surface area (Å²) >= 11 is 0. The molecule has 2 aromatic rings. The van der Waals surface area contributed by atoms with Crippen LogP contribution in [0.1, 0.15) is 29.3 Å². The molecule has 0 fully saturated rings. The van der Waals surface area contributed by atoms with E-state index in [9.17, 15) is 0 Å². The predicted octanol–water partition coefficient (Wildman–Crippen LogP) is 2.26. The van der Waals surface area contributed by atoms with Crippen LogP contribution in [0.25, 0.3) is 0 Å². The summed E-state index contributed by atoms with van der Waals surface area (Å²) in [5, 5.41) is 13.5. The topological polar surface area (TPSA) is 67.6 Å². The van der Waals surface area contributed by atoms with Gasteiger partial charge in [-0.2, -0.15) is 10.4 Å². The van der Waals surface area contributed by atoms with Gasteiger partial charge in [-0.05, 0) is 19.4 Å². The molecule has 0 saturated heterocycles. The van der Waals surface area contributed by atoms with Crippen LogP contribution in [0, 0.1) is 18.3 Å². The van der Waals surface area contributed by atoms with Gasteiger partial charge in [-0.15, -0.1) is 0 Å². The summed E-state index contributed by atoms with van der Waals surface area (Å²) < 4.78 is 1.67. The summed E-state index contributed by atoms with van der Waals surface area (Å²) in [4.78, 5) is 0. The number of aromatic nitrogens is 2. The van der Waals surface area contributed by atoms with Gasteiger partial charge in [0.15, 0.2) is 0 Å². The first kappa shape index (κ1) is 12.2. The molecule has 0 saturated carbocycles. The monoisotopic (exact) mass is 240 g/mol. The normalized spacial score (nSPS) is 10.3. The Bertz CT molecular complexity index is 587. The summed E-state index contributed by atoms with van der Waals surface area (Å²) in [6, 6.07) is 10.4. The van der Waals surface area contributed by atoms with Gasteiger partial charge in [0.05, 0.1) is 5.69 Å². The van der Waals surface area contributed by atoms with Crippen LogP contribution in [0.5, 0.6) is 0 Å². The Labute approximate surface area is 107 Å². The molecule has 0 atom stereocenters. The summed E-state index contributed by atoms with van der Waals surface area (Å²) in [5.74, 6) is 0.460. The molecule has 1 aromatic heterocycles. The highest BCUT2D eigenvalue weighted by molar-refractivity contribution is 5.53. The third kappa shape index (κ3) is 2.21. The van der Waals surface area contributed by atoms with Gasteiger partial charge in [-0.25, -0.2) is 4.68 Å². The van der Waals surface area contributed by atoms with Gasteiger partial charge in [0.1, 0.15) is 17.5 Å². The number of anilines is 1. The highest BCUT2D eigenvalue weighted by Crippen LogP contribution is 2.19. The lowest BCUT2D eigenvalue weighted by molar-refractivity contribution is 0.659. The molecule has 0 unspecified atom stereocenters. The second-order valence-electron chi connectivity index (χ2n) is 4.30. The lowest BCUT2D eigenvalue weighted by Crippen LogP contribution is -2.02. The maximum atomic E-state index is 9.15. The average Bonchev–Trinajstić information content (AvgIpc) is 2.68. The molecule has 2 N–H and O–H groups in total. The van der Waals surface area contributed by atoms with Crippen molar-refractivity contribution >= 4 is 5.82 Å². The second kappa shape index (κ2) is 4.92. The molecule has 0 bridgehead atoms. The Balaban J connectivity index is 2.34. The Hall–Kier alpha value is -2.28. The zero-order valence-electron chi connectivity index (χ0n) is 10.6. The molecule has 0 radical (unpaired) electrons. The van der Waals surface area contributed by atoms with Gasteiger partial charge in [-0.3, -0.25) is 0 Å². The summed E-state index contributed by atoms with van der Waals surface area (Å²) in [7, 11) is 0. The van der Waals surface area contributed by atoms with Crippen molar-refractivity contribution in [2.45, 2.75) is 26.8 Å². The van der Waals surface area contributed by atoms with E-state index in [-0.39, 0.29) is 0 Å². The van der Waals surface area contributed by atoms with E-state index in [2.05, 4.69) is 35.4 Å². The molecule has 4 nitrogen and oxygen atoms in total. The van der Waals surface area contributed by atoms with E-state index < -0.39 is 0 Å². The van der Waals surface area contributed by atoms with Crippen LogP contribution < -0.4 is 5.73 Å². The molecular formula is C14H16N4. The van der Waals surface area contributed by atoms with Gasteiger partial charge in [-0.1, -0.05) is 29.8 Å². The van der Waals surface area contributed by atoms with Crippen LogP contribution in [-0.4, -0.2) is 9.78 Å². The maximum Gasteiger partial charge on any atom is 0.140 e. The van der Waals surface area contributed by atoms with E-state index >= 15 is 0 Å². The van der Waals surface area contributed by atoms with Crippen molar-refractivity contribution in [3.05, 3.63) is 46.6 Å². The van der Waals surface area contributed by atoms with Gasteiger partial charge in [0, 0.05) is 13.0 Å². The number of hydrogen-bond acceptors (Lipinski definition) is 3. The molecule has 18 heavy (non-hydrogen) atoms. The fourth-order valence-electron chi connectivity index (χ4n) is 1.91. The minimum Gasteiger partial charge on any atom is -0.383 e. The average molecular weight is 240 g/mol.